The third kappa shape index (κ3) is 3.66. The summed E-state index contributed by atoms with van der Waals surface area (Å²) in [6.45, 7) is 2.42. The maximum atomic E-state index is 13.4. The number of sulfonamides is 1. The van der Waals surface area contributed by atoms with Crippen LogP contribution < -0.4 is 5.14 Å². The number of rotatable bonds is 5. The van der Waals surface area contributed by atoms with Crippen LogP contribution in [0.4, 0.5) is 0 Å². The average Bonchev–Trinajstić information content (AvgIpc) is 3.29. The van der Waals surface area contributed by atoms with E-state index < -0.39 is 30.0 Å². The number of primary sulfonamides is 1. The van der Waals surface area contributed by atoms with Gasteiger partial charge in [-0.05, 0) is 36.9 Å². The predicted molar refractivity (Wildman–Crippen MR) is 125 cm³/mol. The fraction of sp³-hybridized carbons (Fsp3) is 0.238. The number of fused-ring (bicyclic) bond motifs is 1. The van der Waals surface area contributed by atoms with Crippen LogP contribution in [0.15, 0.2) is 52.3 Å². The van der Waals surface area contributed by atoms with Crippen LogP contribution in [0.2, 0.25) is 0 Å². The lowest BCUT2D eigenvalue weighted by molar-refractivity contribution is 0.231. The molecule has 5 rings (SSSR count). The van der Waals surface area contributed by atoms with E-state index in [1.54, 1.807) is 25.2 Å². The van der Waals surface area contributed by atoms with Crippen molar-refractivity contribution in [1.29, 1.82) is 0 Å². The summed E-state index contributed by atoms with van der Waals surface area (Å²) < 4.78 is 52.7. The van der Waals surface area contributed by atoms with E-state index in [9.17, 15) is 16.8 Å². The summed E-state index contributed by atoms with van der Waals surface area (Å²) in [7, 11) is -6.76. The minimum Gasteiger partial charge on any atom is -0.304 e. The predicted octanol–water partition coefficient (Wildman–Crippen LogP) is 1.13. The fourth-order valence-electron chi connectivity index (χ4n) is 4.26. The van der Waals surface area contributed by atoms with Crippen LogP contribution in [0.5, 0.6) is 0 Å². The number of para-hydroxylation sites is 1. The Morgan fingerprint density at radius 2 is 1.79 bits per heavy atom. The largest absolute Gasteiger partial charge is 0.304 e. The Kier molecular flexibility index (Phi) is 5.24. The monoisotopic (exact) mass is 499 g/mol. The van der Waals surface area contributed by atoms with Crippen molar-refractivity contribution in [3.8, 4) is 22.5 Å². The molecule has 1 aliphatic heterocycles. The van der Waals surface area contributed by atoms with Crippen molar-refractivity contribution in [3.05, 3.63) is 48.2 Å². The van der Waals surface area contributed by atoms with E-state index in [0.717, 1.165) is 11.1 Å². The number of pyridine rings is 1. The first-order valence-electron chi connectivity index (χ1n) is 10.3. The van der Waals surface area contributed by atoms with Gasteiger partial charge in [-0.2, -0.15) is 5.21 Å². The second-order valence-corrected chi connectivity index (χ2v) is 12.0. The minimum atomic E-state index is -4.53. The van der Waals surface area contributed by atoms with Gasteiger partial charge >= 0.3 is 0 Å². The molecule has 0 bridgehead atoms. The van der Waals surface area contributed by atoms with Crippen LogP contribution in [-0.2, 0) is 19.9 Å². The molecule has 0 radical (unpaired) electrons. The molecule has 0 amide bonds. The minimum absolute atomic E-state index is 0.0409. The lowest BCUT2D eigenvalue weighted by Crippen LogP contribution is -2.52. The van der Waals surface area contributed by atoms with Gasteiger partial charge in [0.1, 0.15) is 4.90 Å². The van der Waals surface area contributed by atoms with Crippen molar-refractivity contribution in [2.45, 2.75) is 22.0 Å². The molecule has 11 nitrogen and oxygen atoms in total. The second-order valence-electron chi connectivity index (χ2n) is 8.31. The zero-order chi connectivity index (χ0) is 24.3. The van der Waals surface area contributed by atoms with Crippen LogP contribution >= 0.6 is 0 Å². The number of likely N-dealkylation sites (tertiary alicyclic amines) is 1. The number of aromatic nitrogens is 5. The number of nitrogens with two attached hydrogens (primary N) is 1. The van der Waals surface area contributed by atoms with Gasteiger partial charge < -0.3 is 4.90 Å². The third-order valence-electron chi connectivity index (χ3n) is 5.90. The fourth-order valence-corrected chi connectivity index (χ4v) is 7.67. The Morgan fingerprint density at radius 3 is 2.44 bits per heavy atom. The Bertz CT molecular complexity index is 1630. The van der Waals surface area contributed by atoms with Gasteiger partial charge in [-0.3, -0.25) is 4.98 Å². The maximum absolute atomic E-state index is 13.4. The van der Waals surface area contributed by atoms with Crippen molar-refractivity contribution in [1.82, 2.24) is 30.5 Å². The van der Waals surface area contributed by atoms with Crippen molar-refractivity contribution >= 4 is 30.8 Å². The molecule has 0 saturated carbocycles. The Morgan fingerprint density at radius 1 is 1.03 bits per heavy atom. The first kappa shape index (κ1) is 22.5. The molecule has 2 aromatic carbocycles. The molecule has 4 aromatic rings. The van der Waals surface area contributed by atoms with Gasteiger partial charge in [0.25, 0.3) is 0 Å². The van der Waals surface area contributed by atoms with Crippen molar-refractivity contribution in [3.63, 3.8) is 0 Å². The third-order valence-corrected chi connectivity index (χ3v) is 9.15. The SMILES string of the molecule is Cc1ccc2cccc(-c3ccc(S(=O)(=O)C4CN(C)C4)c(S(N)(=O)=O)c3-c3nn[nH]n3)c2n1. The second kappa shape index (κ2) is 7.91. The molecule has 2 aromatic heterocycles. The van der Waals surface area contributed by atoms with E-state index in [-0.39, 0.29) is 29.4 Å². The van der Waals surface area contributed by atoms with E-state index >= 15 is 0 Å². The number of tetrazole rings is 1. The summed E-state index contributed by atoms with van der Waals surface area (Å²) in [6.07, 6.45) is 0. The van der Waals surface area contributed by atoms with Gasteiger partial charge in [0.05, 0.1) is 21.2 Å². The topological polar surface area (TPSA) is 165 Å². The van der Waals surface area contributed by atoms with Crippen molar-refractivity contribution < 1.29 is 16.8 Å². The van der Waals surface area contributed by atoms with E-state index in [0.29, 0.717) is 16.6 Å². The first-order valence-corrected chi connectivity index (χ1v) is 13.4. The Hall–Kier alpha value is -3.26. The van der Waals surface area contributed by atoms with Crippen LogP contribution in [-0.4, -0.2) is 72.7 Å². The number of aryl methyl sites for hydroxylation is 1. The summed E-state index contributed by atoms with van der Waals surface area (Å²) in [5.41, 5.74) is 2.29. The summed E-state index contributed by atoms with van der Waals surface area (Å²) in [5, 5.41) is 19.5. The Labute approximate surface area is 196 Å². The molecule has 0 unspecified atom stereocenters. The Balaban J connectivity index is 1.89. The average molecular weight is 500 g/mol. The van der Waals surface area contributed by atoms with Gasteiger partial charge in [-0.1, -0.05) is 30.3 Å². The molecule has 0 spiro atoms. The number of aromatic amines is 1. The molecule has 13 heteroatoms. The zero-order valence-corrected chi connectivity index (χ0v) is 19.9. The number of hydrogen-bond donors (Lipinski definition) is 2. The first-order chi connectivity index (χ1) is 16.1. The highest BCUT2D eigenvalue weighted by molar-refractivity contribution is 7.94. The van der Waals surface area contributed by atoms with Crippen molar-refractivity contribution in [2.75, 3.05) is 20.1 Å². The molecule has 3 N–H and O–H groups in total. The highest BCUT2D eigenvalue weighted by atomic mass is 32.2. The summed E-state index contributed by atoms with van der Waals surface area (Å²) in [5.74, 6) is -0.0912. The maximum Gasteiger partial charge on any atom is 0.240 e. The number of benzene rings is 2. The molecule has 0 aliphatic carbocycles. The summed E-state index contributed by atoms with van der Waals surface area (Å²) >= 11 is 0. The smallest absolute Gasteiger partial charge is 0.240 e. The molecule has 34 heavy (non-hydrogen) atoms. The lowest BCUT2D eigenvalue weighted by atomic mass is 9.96. The summed E-state index contributed by atoms with van der Waals surface area (Å²) in [6, 6.07) is 12.1. The van der Waals surface area contributed by atoms with Gasteiger partial charge in [0, 0.05) is 29.7 Å². The summed E-state index contributed by atoms with van der Waals surface area (Å²) in [4.78, 5) is 5.53. The van der Waals surface area contributed by atoms with Crippen molar-refractivity contribution in [2.24, 2.45) is 5.14 Å². The van der Waals surface area contributed by atoms with E-state index in [1.807, 2.05) is 30.0 Å². The standard InChI is InChI=1S/C21H21N7O4S2/c1-12-6-7-13-4-3-5-16(19(13)23-12)15-8-9-17(33(29,30)14-10-28(2)11-14)20(34(22,31)32)18(15)21-24-26-27-25-21/h3-9,14H,10-11H2,1-2H3,(H2,22,31,32)(H,24,25,26,27). The number of nitrogens with one attached hydrogen (secondary N) is 1. The highest BCUT2D eigenvalue weighted by Gasteiger charge is 2.41. The molecule has 0 atom stereocenters. The van der Waals surface area contributed by atoms with E-state index in [4.69, 9.17) is 5.14 Å². The quantitative estimate of drug-likeness (QED) is 0.409. The van der Waals surface area contributed by atoms with E-state index in [1.165, 1.54) is 6.07 Å². The molecule has 1 fully saturated rings. The highest BCUT2D eigenvalue weighted by Crippen LogP contribution is 2.41. The van der Waals surface area contributed by atoms with Gasteiger partial charge in [0.15, 0.2) is 9.84 Å². The van der Waals surface area contributed by atoms with Crippen LogP contribution in [0.25, 0.3) is 33.4 Å². The molecule has 176 valence electrons. The van der Waals surface area contributed by atoms with Crippen LogP contribution in [0.3, 0.4) is 0 Å². The number of nitrogens with zero attached hydrogens (tertiary/aromatic N) is 5. The molecule has 1 aliphatic rings. The van der Waals surface area contributed by atoms with E-state index in [2.05, 4.69) is 25.6 Å². The van der Waals surface area contributed by atoms with Crippen LogP contribution in [0, 0.1) is 6.92 Å². The molecular weight excluding hydrogens is 478 g/mol. The van der Waals surface area contributed by atoms with Gasteiger partial charge in [-0.25, -0.2) is 22.0 Å². The van der Waals surface area contributed by atoms with Crippen LogP contribution in [0.1, 0.15) is 5.69 Å². The van der Waals surface area contributed by atoms with Gasteiger partial charge in [0.2, 0.25) is 15.8 Å². The number of sulfone groups is 1. The number of H-pyrrole nitrogens is 1. The molecule has 3 heterocycles. The zero-order valence-electron chi connectivity index (χ0n) is 18.3. The van der Waals surface area contributed by atoms with Gasteiger partial charge in [-0.15, -0.1) is 10.2 Å². The molecule has 1 saturated heterocycles. The normalized spacial score (nSPS) is 15.5. The number of hydrogen-bond acceptors (Lipinski definition) is 9. The lowest BCUT2D eigenvalue weighted by Gasteiger charge is -2.35. The molecular formula is C21H21N7O4S2.